The van der Waals surface area contributed by atoms with Crippen LogP contribution in [-0.2, 0) is 0 Å². The van der Waals surface area contributed by atoms with Gasteiger partial charge in [-0.2, -0.15) is 0 Å². The highest BCUT2D eigenvalue weighted by atomic mass is 16.4. The Hall–Kier alpha value is -1.55. The van der Waals surface area contributed by atoms with Crippen molar-refractivity contribution in [3.63, 3.8) is 0 Å². The Kier molecular flexibility index (Phi) is 5.62. The predicted molar refractivity (Wildman–Crippen MR) is 86.3 cm³/mol. The molecule has 0 heterocycles. The summed E-state index contributed by atoms with van der Waals surface area (Å²) in [5.74, 6) is 1.83. The minimum Gasteiger partial charge on any atom is -0.409 e. The molecule has 116 valence electrons. The Labute approximate surface area is 127 Å². The minimum absolute atomic E-state index is 0.104. The zero-order chi connectivity index (χ0) is 15.2. The fourth-order valence-corrected chi connectivity index (χ4v) is 3.19. The van der Waals surface area contributed by atoms with Crippen LogP contribution in [-0.4, -0.2) is 17.1 Å². The molecule has 21 heavy (non-hydrogen) atoms. The Morgan fingerprint density at radius 2 is 2.00 bits per heavy atom. The molecular formula is C17H27N3O. The third kappa shape index (κ3) is 4.46. The number of amidine groups is 1. The maximum absolute atomic E-state index is 8.85. The average Bonchev–Trinajstić information content (AvgIpc) is 2.51. The first-order chi connectivity index (χ1) is 10.1. The number of nitrogens with two attached hydrogens (primary N) is 1. The Morgan fingerprint density at radius 1 is 1.29 bits per heavy atom. The SMILES string of the molecule is CC1CCC(NC(CC(N)=NO)c2ccccc2)CC1C. The lowest BCUT2D eigenvalue weighted by molar-refractivity contribution is 0.215. The average molecular weight is 289 g/mol. The number of rotatable bonds is 5. The molecule has 1 fully saturated rings. The van der Waals surface area contributed by atoms with Crippen molar-refractivity contribution >= 4 is 5.84 Å². The number of nitrogens with zero attached hydrogens (tertiary/aromatic N) is 1. The lowest BCUT2D eigenvalue weighted by Gasteiger charge is -2.35. The first-order valence-electron chi connectivity index (χ1n) is 7.87. The molecule has 0 saturated heterocycles. The number of benzene rings is 1. The van der Waals surface area contributed by atoms with E-state index in [9.17, 15) is 0 Å². The van der Waals surface area contributed by atoms with E-state index in [1.54, 1.807) is 0 Å². The van der Waals surface area contributed by atoms with Gasteiger partial charge in [-0.1, -0.05) is 49.3 Å². The van der Waals surface area contributed by atoms with Gasteiger partial charge in [0.15, 0.2) is 0 Å². The van der Waals surface area contributed by atoms with E-state index in [0.29, 0.717) is 12.5 Å². The Balaban J connectivity index is 2.06. The molecule has 4 N–H and O–H groups in total. The monoisotopic (exact) mass is 289 g/mol. The second kappa shape index (κ2) is 7.46. The summed E-state index contributed by atoms with van der Waals surface area (Å²) in [5, 5.41) is 15.7. The maximum Gasteiger partial charge on any atom is 0.141 e. The van der Waals surface area contributed by atoms with Gasteiger partial charge in [0, 0.05) is 18.5 Å². The number of oxime groups is 1. The van der Waals surface area contributed by atoms with E-state index < -0.39 is 0 Å². The van der Waals surface area contributed by atoms with Crippen LogP contribution < -0.4 is 11.1 Å². The molecule has 1 aromatic carbocycles. The van der Waals surface area contributed by atoms with E-state index >= 15 is 0 Å². The molecule has 1 aliphatic carbocycles. The summed E-state index contributed by atoms with van der Waals surface area (Å²) in [6.45, 7) is 4.67. The van der Waals surface area contributed by atoms with Crippen molar-refractivity contribution < 1.29 is 5.21 Å². The van der Waals surface area contributed by atoms with Gasteiger partial charge in [-0.15, -0.1) is 0 Å². The molecule has 0 bridgehead atoms. The van der Waals surface area contributed by atoms with Crippen LogP contribution in [0, 0.1) is 11.8 Å². The molecule has 1 aromatic rings. The molecule has 4 atom stereocenters. The van der Waals surface area contributed by atoms with Crippen LogP contribution in [0.5, 0.6) is 0 Å². The van der Waals surface area contributed by atoms with Gasteiger partial charge in [0.2, 0.25) is 0 Å². The van der Waals surface area contributed by atoms with Crippen LogP contribution in [0.1, 0.15) is 51.1 Å². The fourth-order valence-electron chi connectivity index (χ4n) is 3.19. The lowest BCUT2D eigenvalue weighted by atomic mass is 9.78. The molecule has 1 saturated carbocycles. The van der Waals surface area contributed by atoms with Crippen molar-refractivity contribution in [1.29, 1.82) is 0 Å². The van der Waals surface area contributed by atoms with Gasteiger partial charge in [-0.05, 0) is 36.7 Å². The first kappa shape index (κ1) is 15.8. The molecule has 0 radical (unpaired) electrons. The van der Waals surface area contributed by atoms with Gasteiger partial charge in [-0.25, -0.2) is 0 Å². The van der Waals surface area contributed by atoms with Crippen molar-refractivity contribution in [3.05, 3.63) is 35.9 Å². The molecule has 2 rings (SSSR count). The molecule has 4 unspecified atom stereocenters. The van der Waals surface area contributed by atoms with Gasteiger partial charge in [0.05, 0.1) is 0 Å². The maximum atomic E-state index is 8.85. The third-order valence-electron chi connectivity index (χ3n) is 4.78. The molecule has 0 aliphatic heterocycles. The van der Waals surface area contributed by atoms with Gasteiger partial charge in [-0.3, -0.25) is 0 Å². The Bertz CT molecular complexity index is 460. The fraction of sp³-hybridized carbons (Fsp3) is 0.588. The summed E-state index contributed by atoms with van der Waals surface area (Å²) < 4.78 is 0. The van der Waals surface area contributed by atoms with E-state index in [2.05, 4.69) is 36.5 Å². The summed E-state index contributed by atoms with van der Waals surface area (Å²) in [6, 6.07) is 10.9. The summed E-state index contributed by atoms with van der Waals surface area (Å²) in [7, 11) is 0. The van der Waals surface area contributed by atoms with E-state index in [4.69, 9.17) is 10.9 Å². The van der Waals surface area contributed by atoms with Crippen molar-refractivity contribution in [2.45, 2.75) is 51.6 Å². The van der Waals surface area contributed by atoms with Crippen LogP contribution in [0.3, 0.4) is 0 Å². The van der Waals surface area contributed by atoms with Crippen LogP contribution in [0.15, 0.2) is 35.5 Å². The standard InChI is InChI=1S/C17H27N3O/c1-12-8-9-15(10-13(12)2)19-16(11-17(18)20-21)14-6-4-3-5-7-14/h3-7,12-13,15-16,19,21H,8-11H2,1-2H3,(H2,18,20). The number of hydrogen-bond acceptors (Lipinski definition) is 3. The van der Waals surface area contributed by atoms with Crippen molar-refractivity contribution in [1.82, 2.24) is 5.32 Å². The summed E-state index contributed by atoms with van der Waals surface area (Å²) >= 11 is 0. The van der Waals surface area contributed by atoms with Gasteiger partial charge >= 0.3 is 0 Å². The minimum atomic E-state index is 0.104. The molecule has 4 nitrogen and oxygen atoms in total. The highest BCUT2D eigenvalue weighted by Gasteiger charge is 2.26. The van der Waals surface area contributed by atoms with E-state index in [0.717, 1.165) is 11.8 Å². The van der Waals surface area contributed by atoms with E-state index in [1.807, 2.05) is 18.2 Å². The highest BCUT2D eigenvalue weighted by Crippen LogP contribution is 2.31. The van der Waals surface area contributed by atoms with E-state index in [-0.39, 0.29) is 11.9 Å². The van der Waals surface area contributed by atoms with E-state index in [1.165, 1.54) is 24.8 Å². The van der Waals surface area contributed by atoms with Crippen molar-refractivity contribution in [2.24, 2.45) is 22.7 Å². The van der Waals surface area contributed by atoms with Crippen molar-refractivity contribution in [2.75, 3.05) is 0 Å². The summed E-state index contributed by atoms with van der Waals surface area (Å²) in [5.41, 5.74) is 6.92. The van der Waals surface area contributed by atoms with Crippen LogP contribution in [0.25, 0.3) is 0 Å². The van der Waals surface area contributed by atoms with Gasteiger partial charge < -0.3 is 16.3 Å². The molecule has 0 aromatic heterocycles. The summed E-state index contributed by atoms with van der Waals surface area (Å²) in [6.07, 6.45) is 4.19. The quantitative estimate of drug-likeness (QED) is 0.337. The lowest BCUT2D eigenvalue weighted by Crippen LogP contribution is -2.39. The van der Waals surface area contributed by atoms with Gasteiger partial charge in [0.1, 0.15) is 5.84 Å². The second-order valence-corrected chi connectivity index (χ2v) is 6.39. The largest absolute Gasteiger partial charge is 0.409 e. The molecular weight excluding hydrogens is 262 g/mol. The smallest absolute Gasteiger partial charge is 0.141 e. The first-order valence-corrected chi connectivity index (χ1v) is 7.87. The normalized spacial score (nSPS) is 28.3. The molecule has 4 heteroatoms. The summed E-state index contributed by atoms with van der Waals surface area (Å²) in [4.78, 5) is 0. The topological polar surface area (TPSA) is 70.6 Å². The molecule has 1 aliphatic rings. The van der Waals surface area contributed by atoms with Crippen LogP contribution in [0.4, 0.5) is 0 Å². The van der Waals surface area contributed by atoms with Crippen molar-refractivity contribution in [3.8, 4) is 0 Å². The Morgan fingerprint density at radius 3 is 2.62 bits per heavy atom. The zero-order valence-electron chi connectivity index (χ0n) is 13.0. The number of hydrogen-bond donors (Lipinski definition) is 3. The van der Waals surface area contributed by atoms with Crippen LogP contribution in [0.2, 0.25) is 0 Å². The number of nitrogens with one attached hydrogen (secondary N) is 1. The van der Waals surface area contributed by atoms with Crippen LogP contribution >= 0.6 is 0 Å². The third-order valence-corrected chi connectivity index (χ3v) is 4.78. The zero-order valence-corrected chi connectivity index (χ0v) is 13.0. The highest BCUT2D eigenvalue weighted by molar-refractivity contribution is 5.80. The second-order valence-electron chi connectivity index (χ2n) is 6.39. The molecule has 0 spiro atoms. The molecule has 0 amide bonds. The predicted octanol–water partition coefficient (Wildman–Crippen LogP) is 3.28. The van der Waals surface area contributed by atoms with Gasteiger partial charge in [0.25, 0.3) is 0 Å².